The second-order valence-electron chi connectivity index (χ2n) is 4.02. The predicted octanol–water partition coefficient (Wildman–Crippen LogP) is 2.34. The van der Waals surface area contributed by atoms with Gasteiger partial charge in [0.05, 0.1) is 0 Å². The SMILES string of the molecule is CC(C)(CN)c1ccc(C(F)(F)F)nc1. The van der Waals surface area contributed by atoms with Crippen molar-refractivity contribution >= 4 is 0 Å². The van der Waals surface area contributed by atoms with Gasteiger partial charge in [0.1, 0.15) is 5.69 Å². The van der Waals surface area contributed by atoms with Crippen LogP contribution < -0.4 is 5.73 Å². The Morgan fingerprint density at radius 3 is 2.20 bits per heavy atom. The van der Waals surface area contributed by atoms with E-state index < -0.39 is 11.9 Å². The molecule has 1 heterocycles. The summed E-state index contributed by atoms with van der Waals surface area (Å²) >= 11 is 0. The van der Waals surface area contributed by atoms with Crippen LogP contribution >= 0.6 is 0 Å². The molecule has 0 unspecified atom stereocenters. The van der Waals surface area contributed by atoms with Crippen LogP contribution in [0.25, 0.3) is 0 Å². The quantitative estimate of drug-likeness (QED) is 0.827. The summed E-state index contributed by atoms with van der Waals surface area (Å²) in [7, 11) is 0. The third-order valence-corrected chi connectivity index (χ3v) is 2.35. The fraction of sp³-hybridized carbons (Fsp3) is 0.500. The van der Waals surface area contributed by atoms with Gasteiger partial charge in [0, 0.05) is 18.2 Å². The Hall–Kier alpha value is -1.10. The highest BCUT2D eigenvalue weighted by molar-refractivity contribution is 5.23. The van der Waals surface area contributed by atoms with Gasteiger partial charge in [-0.15, -0.1) is 0 Å². The van der Waals surface area contributed by atoms with Crippen molar-refractivity contribution in [2.75, 3.05) is 6.54 Å². The minimum atomic E-state index is -4.38. The van der Waals surface area contributed by atoms with E-state index in [4.69, 9.17) is 5.73 Å². The minimum absolute atomic E-state index is 0.350. The number of hydrogen-bond donors (Lipinski definition) is 1. The Bertz CT molecular complexity index is 328. The smallest absolute Gasteiger partial charge is 0.330 e. The Kier molecular flexibility index (Phi) is 3.04. The molecule has 0 atom stereocenters. The van der Waals surface area contributed by atoms with Crippen LogP contribution in [0, 0.1) is 0 Å². The Morgan fingerprint density at radius 1 is 1.27 bits per heavy atom. The van der Waals surface area contributed by atoms with Gasteiger partial charge in [0.2, 0.25) is 0 Å². The van der Waals surface area contributed by atoms with Crippen LogP contribution in [0.15, 0.2) is 18.3 Å². The van der Waals surface area contributed by atoms with E-state index in [2.05, 4.69) is 4.98 Å². The minimum Gasteiger partial charge on any atom is -0.330 e. The average molecular weight is 218 g/mol. The molecule has 0 radical (unpaired) electrons. The highest BCUT2D eigenvalue weighted by atomic mass is 19.4. The second kappa shape index (κ2) is 3.81. The van der Waals surface area contributed by atoms with E-state index in [-0.39, 0.29) is 5.41 Å². The molecule has 0 saturated heterocycles. The van der Waals surface area contributed by atoms with Gasteiger partial charge < -0.3 is 5.73 Å². The molecular formula is C10H13F3N2. The lowest BCUT2D eigenvalue weighted by molar-refractivity contribution is -0.141. The fourth-order valence-electron chi connectivity index (χ4n) is 1.08. The molecule has 0 aliphatic heterocycles. The van der Waals surface area contributed by atoms with Gasteiger partial charge in [-0.2, -0.15) is 13.2 Å². The number of nitrogens with zero attached hydrogens (tertiary/aromatic N) is 1. The summed E-state index contributed by atoms with van der Waals surface area (Å²) in [5.74, 6) is 0. The van der Waals surface area contributed by atoms with Crippen molar-refractivity contribution in [3.63, 3.8) is 0 Å². The van der Waals surface area contributed by atoms with Gasteiger partial charge in [0.25, 0.3) is 0 Å². The summed E-state index contributed by atoms with van der Waals surface area (Å²) in [5.41, 5.74) is 4.99. The Morgan fingerprint density at radius 2 is 1.87 bits per heavy atom. The third-order valence-electron chi connectivity index (χ3n) is 2.35. The Balaban J connectivity index is 3.01. The second-order valence-corrected chi connectivity index (χ2v) is 4.02. The highest BCUT2D eigenvalue weighted by Crippen LogP contribution is 2.29. The lowest BCUT2D eigenvalue weighted by Crippen LogP contribution is -2.28. The average Bonchev–Trinajstić information content (AvgIpc) is 2.17. The third kappa shape index (κ3) is 2.68. The number of hydrogen-bond acceptors (Lipinski definition) is 2. The molecule has 0 amide bonds. The molecule has 0 saturated carbocycles. The molecule has 1 aromatic rings. The van der Waals surface area contributed by atoms with Gasteiger partial charge in [-0.25, -0.2) is 0 Å². The molecule has 0 aliphatic carbocycles. The zero-order valence-corrected chi connectivity index (χ0v) is 8.60. The lowest BCUT2D eigenvalue weighted by Gasteiger charge is -2.22. The monoisotopic (exact) mass is 218 g/mol. The van der Waals surface area contributed by atoms with Crippen LogP contribution in [-0.2, 0) is 11.6 Å². The van der Waals surface area contributed by atoms with E-state index in [1.54, 1.807) is 0 Å². The molecule has 84 valence electrons. The van der Waals surface area contributed by atoms with E-state index in [0.29, 0.717) is 12.1 Å². The molecule has 2 N–H and O–H groups in total. The first-order chi connectivity index (χ1) is 6.77. The molecule has 0 aliphatic rings. The predicted molar refractivity (Wildman–Crippen MR) is 51.3 cm³/mol. The van der Waals surface area contributed by atoms with Crippen LogP contribution in [0.4, 0.5) is 13.2 Å². The largest absolute Gasteiger partial charge is 0.433 e. The van der Waals surface area contributed by atoms with Crippen molar-refractivity contribution in [1.29, 1.82) is 0 Å². The lowest BCUT2D eigenvalue weighted by atomic mass is 9.86. The van der Waals surface area contributed by atoms with Crippen LogP contribution in [0.1, 0.15) is 25.1 Å². The first-order valence-electron chi connectivity index (χ1n) is 4.51. The Labute approximate surface area is 86.3 Å². The molecule has 1 aromatic heterocycles. The molecule has 1 rings (SSSR count). The van der Waals surface area contributed by atoms with E-state index in [1.807, 2.05) is 13.8 Å². The van der Waals surface area contributed by atoms with Gasteiger partial charge in [-0.05, 0) is 11.6 Å². The molecule has 15 heavy (non-hydrogen) atoms. The molecule has 0 spiro atoms. The summed E-state index contributed by atoms with van der Waals surface area (Å²) in [5, 5.41) is 0. The van der Waals surface area contributed by atoms with Gasteiger partial charge in [-0.1, -0.05) is 19.9 Å². The zero-order chi connectivity index (χ0) is 11.7. The fourth-order valence-corrected chi connectivity index (χ4v) is 1.08. The maximum absolute atomic E-state index is 12.2. The standard InChI is InChI=1S/C10H13F3N2/c1-9(2,6-14)7-3-4-8(15-5-7)10(11,12)13/h3-5H,6,14H2,1-2H3. The van der Waals surface area contributed by atoms with E-state index >= 15 is 0 Å². The van der Waals surface area contributed by atoms with Crippen LogP contribution in [-0.4, -0.2) is 11.5 Å². The van der Waals surface area contributed by atoms with Gasteiger partial charge in [0.15, 0.2) is 0 Å². The summed E-state index contributed by atoms with van der Waals surface area (Å²) in [6, 6.07) is 2.40. The number of alkyl halides is 3. The topological polar surface area (TPSA) is 38.9 Å². The van der Waals surface area contributed by atoms with Crippen LogP contribution in [0.3, 0.4) is 0 Å². The van der Waals surface area contributed by atoms with E-state index in [0.717, 1.165) is 6.07 Å². The van der Waals surface area contributed by atoms with Crippen LogP contribution in [0.5, 0.6) is 0 Å². The number of rotatable bonds is 2. The molecule has 5 heteroatoms. The molecule has 0 bridgehead atoms. The number of halogens is 3. The molecule has 2 nitrogen and oxygen atoms in total. The first kappa shape index (κ1) is 12.0. The van der Waals surface area contributed by atoms with Crippen molar-refractivity contribution in [3.8, 4) is 0 Å². The van der Waals surface area contributed by atoms with Crippen molar-refractivity contribution in [2.24, 2.45) is 5.73 Å². The molecule has 0 fully saturated rings. The van der Waals surface area contributed by atoms with Crippen molar-refractivity contribution in [3.05, 3.63) is 29.6 Å². The number of nitrogens with two attached hydrogens (primary N) is 1. The summed E-state index contributed by atoms with van der Waals surface area (Å²) in [6.45, 7) is 4.08. The summed E-state index contributed by atoms with van der Waals surface area (Å²) in [4.78, 5) is 3.38. The zero-order valence-electron chi connectivity index (χ0n) is 8.60. The number of aromatic nitrogens is 1. The van der Waals surface area contributed by atoms with Crippen molar-refractivity contribution in [2.45, 2.75) is 25.4 Å². The first-order valence-corrected chi connectivity index (χ1v) is 4.51. The van der Waals surface area contributed by atoms with E-state index in [9.17, 15) is 13.2 Å². The summed E-state index contributed by atoms with van der Waals surface area (Å²) in [6.07, 6.45) is -3.15. The van der Waals surface area contributed by atoms with Crippen molar-refractivity contribution < 1.29 is 13.2 Å². The van der Waals surface area contributed by atoms with Gasteiger partial charge in [-0.3, -0.25) is 4.98 Å². The highest BCUT2D eigenvalue weighted by Gasteiger charge is 2.32. The maximum Gasteiger partial charge on any atom is 0.433 e. The molecule has 0 aromatic carbocycles. The van der Waals surface area contributed by atoms with E-state index in [1.165, 1.54) is 12.3 Å². The summed E-state index contributed by atoms with van der Waals surface area (Å²) < 4.78 is 36.6. The normalized spacial score (nSPS) is 12.9. The molecular weight excluding hydrogens is 205 g/mol. The van der Waals surface area contributed by atoms with Gasteiger partial charge >= 0.3 is 6.18 Å². The van der Waals surface area contributed by atoms with Crippen molar-refractivity contribution in [1.82, 2.24) is 4.98 Å². The van der Waals surface area contributed by atoms with Crippen LogP contribution in [0.2, 0.25) is 0 Å². The number of pyridine rings is 1. The maximum atomic E-state index is 12.2.